The number of rotatable bonds is 4. The van der Waals surface area contributed by atoms with Crippen molar-refractivity contribution in [2.45, 2.75) is 44.2 Å². The fourth-order valence-electron chi connectivity index (χ4n) is 3.60. The summed E-state index contributed by atoms with van der Waals surface area (Å²) in [4.78, 5) is 39.7. The molecule has 138 valence electrons. The highest BCUT2D eigenvalue weighted by molar-refractivity contribution is 5.98. The summed E-state index contributed by atoms with van der Waals surface area (Å²) >= 11 is 0. The Morgan fingerprint density at radius 1 is 1.15 bits per heavy atom. The minimum absolute atomic E-state index is 0.0100. The summed E-state index contributed by atoms with van der Waals surface area (Å²) in [5.74, 6) is -0.670. The number of amides is 4. The highest BCUT2D eigenvalue weighted by Gasteiger charge is 2.40. The Morgan fingerprint density at radius 3 is 2.65 bits per heavy atom. The number of anilines is 2. The molecule has 8 heteroatoms. The van der Waals surface area contributed by atoms with Crippen molar-refractivity contribution in [3.05, 3.63) is 24.0 Å². The van der Waals surface area contributed by atoms with E-state index < -0.39 is 17.9 Å². The van der Waals surface area contributed by atoms with Gasteiger partial charge in [-0.2, -0.15) is 0 Å². The van der Waals surface area contributed by atoms with Crippen LogP contribution in [0.15, 0.2) is 18.2 Å². The molecule has 0 spiro atoms. The molecule has 3 aliphatic rings. The van der Waals surface area contributed by atoms with E-state index in [0.29, 0.717) is 37.7 Å². The lowest BCUT2D eigenvalue weighted by atomic mass is 10.2. The van der Waals surface area contributed by atoms with Gasteiger partial charge in [-0.3, -0.25) is 9.59 Å². The van der Waals surface area contributed by atoms with Gasteiger partial charge in [0.2, 0.25) is 11.8 Å². The molecule has 0 unspecified atom stereocenters. The maximum Gasteiger partial charge on any atom is 0.319 e. The summed E-state index contributed by atoms with van der Waals surface area (Å²) in [5.41, 5.74) is 0.547. The Balaban J connectivity index is 1.41. The van der Waals surface area contributed by atoms with Gasteiger partial charge in [-0.25, -0.2) is 9.18 Å². The summed E-state index contributed by atoms with van der Waals surface area (Å²) < 4.78 is 14.1. The van der Waals surface area contributed by atoms with Gasteiger partial charge in [0.25, 0.3) is 0 Å². The number of hydrogen-bond donors (Lipinski definition) is 2. The van der Waals surface area contributed by atoms with E-state index in [1.165, 1.54) is 18.2 Å². The van der Waals surface area contributed by atoms with Crippen molar-refractivity contribution in [3.63, 3.8) is 0 Å². The van der Waals surface area contributed by atoms with Crippen LogP contribution < -0.4 is 15.5 Å². The summed E-state index contributed by atoms with van der Waals surface area (Å²) in [6.07, 6.45) is 3.85. The summed E-state index contributed by atoms with van der Waals surface area (Å²) in [6.45, 7) is 1.24. The second-order valence-corrected chi connectivity index (χ2v) is 7.02. The zero-order chi connectivity index (χ0) is 18.3. The molecule has 3 fully saturated rings. The van der Waals surface area contributed by atoms with Crippen molar-refractivity contribution in [1.29, 1.82) is 0 Å². The summed E-state index contributed by atoms with van der Waals surface area (Å²) in [7, 11) is 0. The van der Waals surface area contributed by atoms with Crippen molar-refractivity contribution in [1.82, 2.24) is 10.2 Å². The molecule has 26 heavy (non-hydrogen) atoms. The Labute approximate surface area is 150 Å². The number of benzene rings is 1. The van der Waals surface area contributed by atoms with Crippen LogP contribution >= 0.6 is 0 Å². The predicted octanol–water partition coefficient (Wildman–Crippen LogP) is 1.84. The minimum atomic E-state index is -0.621. The van der Waals surface area contributed by atoms with Gasteiger partial charge in [0.1, 0.15) is 11.9 Å². The smallest absolute Gasteiger partial charge is 0.319 e. The van der Waals surface area contributed by atoms with E-state index in [1.807, 2.05) is 4.90 Å². The first-order valence-electron chi connectivity index (χ1n) is 9.01. The van der Waals surface area contributed by atoms with Crippen LogP contribution in [0.2, 0.25) is 0 Å². The third-order valence-corrected chi connectivity index (χ3v) is 5.12. The van der Waals surface area contributed by atoms with Crippen molar-refractivity contribution < 1.29 is 18.8 Å². The first-order valence-corrected chi connectivity index (χ1v) is 9.01. The van der Waals surface area contributed by atoms with Crippen LogP contribution in [0.3, 0.4) is 0 Å². The molecular weight excluding hydrogens is 339 g/mol. The zero-order valence-electron chi connectivity index (χ0n) is 14.3. The highest BCUT2D eigenvalue weighted by atomic mass is 19.1. The Morgan fingerprint density at radius 2 is 1.96 bits per heavy atom. The SMILES string of the molecule is O=C(Nc1cc(N2CCCC2=O)ccc1F)N[C@H]1CCN(C2CC2)C1=O. The topological polar surface area (TPSA) is 81.8 Å². The number of urea groups is 1. The van der Waals surface area contributed by atoms with Crippen LogP contribution in [0, 0.1) is 5.82 Å². The molecule has 0 radical (unpaired) electrons. The Hall–Kier alpha value is -2.64. The molecule has 1 atom stereocenters. The van der Waals surface area contributed by atoms with Gasteiger partial charge in [0.15, 0.2) is 0 Å². The van der Waals surface area contributed by atoms with Crippen molar-refractivity contribution >= 4 is 29.2 Å². The molecule has 1 aliphatic carbocycles. The lowest BCUT2D eigenvalue weighted by Gasteiger charge is -2.18. The number of likely N-dealkylation sites (tertiary alicyclic amines) is 1. The molecule has 2 aliphatic heterocycles. The number of carbonyl (C=O) groups excluding carboxylic acids is 3. The van der Waals surface area contributed by atoms with E-state index >= 15 is 0 Å². The molecule has 4 rings (SSSR count). The molecule has 1 aromatic carbocycles. The third-order valence-electron chi connectivity index (χ3n) is 5.12. The summed E-state index contributed by atoms with van der Waals surface area (Å²) in [6, 6.07) is 3.34. The summed E-state index contributed by atoms with van der Waals surface area (Å²) in [5, 5.41) is 5.09. The second-order valence-electron chi connectivity index (χ2n) is 7.02. The number of hydrogen-bond acceptors (Lipinski definition) is 3. The van der Waals surface area contributed by atoms with Crippen LogP contribution in [-0.4, -0.2) is 47.9 Å². The van der Waals surface area contributed by atoms with E-state index in [1.54, 1.807) is 4.90 Å². The number of nitrogens with zero attached hydrogens (tertiary/aromatic N) is 2. The van der Waals surface area contributed by atoms with Gasteiger partial charge >= 0.3 is 6.03 Å². The van der Waals surface area contributed by atoms with Gasteiger partial charge in [-0.15, -0.1) is 0 Å². The number of carbonyl (C=O) groups is 3. The molecule has 0 bridgehead atoms. The normalized spacial score (nSPS) is 22.9. The first kappa shape index (κ1) is 16.8. The van der Waals surface area contributed by atoms with Gasteiger partial charge in [0, 0.05) is 31.2 Å². The van der Waals surface area contributed by atoms with E-state index in [-0.39, 0.29) is 17.5 Å². The van der Waals surface area contributed by atoms with Crippen LogP contribution in [0.5, 0.6) is 0 Å². The van der Waals surface area contributed by atoms with E-state index in [2.05, 4.69) is 10.6 Å². The highest BCUT2D eigenvalue weighted by Crippen LogP contribution is 2.31. The zero-order valence-corrected chi connectivity index (χ0v) is 14.3. The van der Waals surface area contributed by atoms with Crippen LogP contribution in [0.25, 0.3) is 0 Å². The minimum Gasteiger partial charge on any atom is -0.338 e. The first-order chi connectivity index (χ1) is 12.5. The molecule has 1 saturated carbocycles. The lowest BCUT2D eigenvalue weighted by molar-refractivity contribution is -0.129. The van der Waals surface area contributed by atoms with E-state index in [9.17, 15) is 18.8 Å². The molecule has 4 amide bonds. The molecule has 1 aromatic rings. The van der Waals surface area contributed by atoms with Crippen molar-refractivity contribution in [2.75, 3.05) is 23.3 Å². The molecule has 0 aromatic heterocycles. The largest absolute Gasteiger partial charge is 0.338 e. The lowest BCUT2D eigenvalue weighted by Crippen LogP contribution is -2.43. The van der Waals surface area contributed by atoms with Crippen LogP contribution in [0.1, 0.15) is 32.1 Å². The molecule has 2 heterocycles. The average Bonchev–Trinajstić information content (AvgIpc) is 3.27. The fourth-order valence-corrected chi connectivity index (χ4v) is 3.60. The third kappa shape index (κ3) is 3.23. The van der Waals surface area contributed by atoms with Crippen LogP contribution in [-0.2, 0) is 9.59 Å². The van der Waals surface area contributed by atoms with E-state index in [4.69, 9.17) is 0 Å². The van der Waals surface area contributed by atoms with Crippen LogP contribution in [0.4, 0.5) is 20.6 Å². The fraction of sp³-hybridized carbons (Fsp3) is 0.500. The molecular formula is C18H21FN4O3. The standard InChI is InChI=1S/C18H21FN4O3/c19-13-6-5-12(22-8-1-2-16(22)24)10-15(13)21-18(26)20-14-7-9-23(17(14)25)11-3-4-11/h5-6,10-11,14H,1-4,7-9H2,(H2,20,21,26)/t14-/m0/s1. The number of halogens is 1. The van der Waals surface area contributed by atoms with Gasteiger partial charge in [0.05, 0.1) is 5.69 Å². The molecule has 2 saturated heterocycles. The number of nitrogens with one attached hydrogen (secondary N) is 2. The molecule has 7 nitrogen and oxygen atoms in total. The maximum absolute atomic E-state index is 14.1. The van der Waals surface area contributed by atoms with Gasteiger partial charge in [-0.1, -0.05) is 0 Å². The van der Waals surface area contributed by atoms with Gasteiger partial charge < -0.3 is 20.4 Å². The van der Waals surface area contributed by atoms with Crippen molar-refractivity contribution in [2.24, 2.45) is 0 Å². The monoisotopic (exact) mass is 360 g/mol. The predicted molar refractivity (Wildman–Crippen MR) is 93.3 cm³/mol. The van der Waals surface area contributed by atoms with Gasteiger partial charge in [-0.05, 0) is 43.9 Å². The quantitative estimate of drug-likeness (QED) is 0.860. The maximum atomic E-state index is 14.1. The Bertz CT molecular complexity index is 765. The second kappa shape index (κ2) is 6.59. The van der Waals surface area contributed by atoms with Crippen molar-refractivity contribution in [3.8, 4) is 0 Å². The molecule has 2 N–H and O–H groups in total. The average molecular weight is 360 g/mol. The van der Waals surface area contributed by atoms with E-state index in [0.717, 1.165) is 19.3 Å². The Kier molecular flexibility index (Phi) is 4.26.